The van der Waals surface area contributed by atoms with Crippen molar-refractivity contribution in [3.63, 3.8) is 0 Å². The highest BCUT2D eigenvalue weighted by Gasteiger charge is 2.33. The number of anilines is 2. The van der Waals surface area contributed by atoms with Crippen LogP contribution < -0.4 is 10.2 Å². The minimum Gasteiger partial charge on any atom is -0.344 e. The van der Waals surface area contributed by atoms with Crippen LogP contribution in [0.25, 0.3) is 0 Å². The van der Waals surface area contributed by atoms with Crippen molar-refractivity contribution in [2.75, 3.05) is 11.4 Å². The van der Waals surface area contributed by atoms with Crippen molar-refractivity contribution in [1.29, 1.82) is 0 Å². The van der Waals surface area contributed by atoms with Crippen LogP contribution >= 0.6 is 0 Å². The van der Waals surface area contributed by atoms with E-state index in [-0.39, 0.29) is 11.7 Å². The van der Waals surface area contributed by atoms with Crippen LogP contribution in [0.15, 0.2) is 54.6 Å². The van der Waals surface area contributed by atoms with Gasteiger partial charge in [0.1, 0.15) is 17.3 Å². The second-order valence-corrected chi connectivity index (χ2v) is 7.54. The fraction of sp³-hybridized carbons (Fsp3) is 0.261. The molecule has 1 aliphatic heterocycles. The summed E-state index contributed by atoms with van der Waals surface area (Å²) in [6.45, 7) is 2.31. The third-order valence-corrected chi connectivity index (χ3v) is 5.26. The number of fused-ring (bicyclic) bond motifs is 1. The highest BCUT2D eigenvalue weighted by Crippen LogP contribution is 2.34. The third-order valence-electron chi connectivity index (χ3n) is 5.26. The van der Waals surface area contributed by atoms with Gasteiger partial charge in [0.25, 0.3) is 5.91 Å². The number of benzene rings is 1. The molecule has 166 valence electrons. The minimum absolute atomic E-state index is 0.216. The molecule has 0 radical (unpaired) electrons. The topological polar surface area (TPSA) is 58.1 Å². The number of hydrogen-bond acceptors (Lipinski definition) is 4. The van der Waals surface area contributed by atoms with E-state index < -0.39 is 23.7 Å². The van der Waals surface area contributed by atoms with Crippen molar-refractivity contribution in [2.24, 2.45) is 0 Å². The van der Waals surface area contributed by atoms with Gasteiger partial charge in [0.2, 0.25) is 0 Å². The molecule has 0 bridgehead atoms. The van der Waals surface area contributed by atoms with Gasteiger partial charge in [-0.05, 0) is 68.3 Å². The SMILES string of the molecule is CC(NC(=O)c1ccc(F)cc1)c1ccc2c(n1)CCCN2c1cccc(C(F)(F)F)n1. The van der Waals surface area contributed by atoms with Gasteiger partial charge < -0.3 is 10.2 Å². The van der Waals surface area contributed by atoms with Crippen LogP contribution in [0, 0.1) is 5.82 Å². The van der Waals surface area contributed by atoms with E-state index in [1.165, 1.54) is 30.3 Å². The minimum atomic E-state index is -4.52. The molecule has 5 nitrogen and oxygen atoms in total. The highest BCUT2D eigenvalue weighted by atomic mass is 19.4. The molecule has 3 aromatic rings. The number of carbonyl (C=O) groups excluding carboxylic acids is 1. The maximum absolute atomic E-state index is 13.1. The number of aryl methyl sites for hydroxylation is 1. The lowest BCUT2D eigenvalue weighted by Crippen LogP contribution is -2.29. The highest BCUT2D eigenvalue weighted by molar-refractivity contribution is 5.94. The number of hydrogen-bond donors (Lipinski definition) is 1. The summed E-state index contributed by atoms with van der Waals surface area (Å²) in [7, 11) is 0. The number of pyridine rings is 2. The van der Waals surface area contributed by atoms with Crippen LogP contribution in [0.2, 0.25) is 0 Å². The number of carbonyl (C=O) groups is 1. The summed E-state index contributed by atoms with van der Waals surface area (Å²) in [5.74, 6) is -0.564. The maximum Gasteiger partial charge on any atom is 0.433 e. The lowest BCUT2D eigenvalue weighted by atomic mass is 10.0. The van der Waals surface area contributed by atoms with Crippen molar-refractivity contribution in [2.45, 2.75) is 32.0 Å². The van der Waals surface area contributed by atoms with E-state index in [2.05, 4.69) is 15.3 Å². The van der Waals surface area contributed by atoms with Gasteiger partial charge in [0, 0.05) is 12.1 Å². The Morgan fingerprint density at radius 2 is 1.81 bits per heavy atom. The number of nitrogens with one attached hydrogen (secondary N) is 1. The number of nitrogens with zero attached hydrogens (tertiary/aromatic N) is 3. The fourth-order valence-corrected chi connectivity index (χ4v) is 3.63. The molecule has 0 fully saturated rings. The molecule has 1 aromatic carbocycles. The molecule has 4 rings (SSSR count). The lowest BCUT2D eigenvalue weighted by Gasteiger charge is -2.30. The predicted octanol–water partition coefficient (Wildman–Crippen LogP) is 5.21. The molecule has 2 aromatic heterocycles. The van der Waals surface area contributed by atoms with E-state index in [4.69, 9.17) is 0 Å². The summed E-state index contributed by atoms with van der Waals surface area (Å²) < 4.78 is 52.3. The predicted molar refractivity (Wildman–Crippen MR) is 111 cm³/mol. The van der Waals surface area contributed by atoms with Crippen LogP contribution in [0.5, 0.6) is 0 Å². The third kappa shape index (κ3) is 4.56. The number of halogens is 4. The molecule has 0 aliphatic carbocycles. The molecule has 0 saturated heterocycles. The normalized spacial score (nSPS) is 14.6. The van der Waals surface area contributed by atoms with Crippen LogP contribution in [0.1, 0.15) is 46.8 Å². The zero-order valence-electron chi connectivity index (χ0n) is 17.2. The quantitative estimate of drug-likeness (QED) is 0.562. The standard InChI is InChI=1S/C23H20F4N4O/c1-14(28-22(32)15-7-9-16(24)10-8-15)17-11-12-19-18(29-17)4-3-13-31(19)21-6-2-5-20(30-21)23(25,26)27/h2,5-12,14H,3-4,13H2,1H3,(H,28,32). The van der Waals surface area contributed by atoms with E-state index in [0.29, 0.717) is 36.3 Å². The summed E-state index contributed by atoms with van der Waals surface area (Å²) >= 11 is 0. The summed E-state index contributed by atoms with van der Waals surface area (Å²) in [6, 6.07) is 12.2. The molecular formula is C23H20F4N4O. The molecular weight excluding hydrogens is 424 g/mol. The molecule has 3 heterocycles. The average Bonchev–Trinajstić information content (AvgIpc) is 2.78. The maximum atomic E-state index is 13.1. The van der Waals surface area contributed by atoms with E-state index >= 15 is 0 Å². The van der Waals surface area contributed by atoms with E-state index in [9.17, 15) is 22.4 Å². The first-order valence-electron chi connectivity index (χ1n) is 10.1. The second kappa shape index (κ2) is 8.57. The van der Waals surface area contributed by atoms with Gasteiger partial charge in [-0.1, -0.05) is 6.07 Å². The van der Waals surface area contributed by atoms with Crippen molar-refractivity contribution < 1.29 is 22.4 Å². The van der Waals surface area contributed by atoms with Crippen molar-refractivity contribution in [1.82, 2.24) is 15.3 Å². The van der Waals surface area contributed by atoms with E-state index in [1.807, 2.05) is 0 Å². The van der Waals surface area contributed by atoms with Crippen LogP contribution in [-0.4, -0.2) is 22.4 Å². The zero-order valence-corrected chi connectivity index (χ0v) is 17.2. The number of aromatic nitrogens is 2. The smallest absolute Gasteiger partial charge is 0.344 e. The first-order valence-corrected chi connectivity index (χ1v) is 10.1. The molecule has 1 N–H and O–H groups in total. The van der Waals surface area contributed by atoms with Gasteiger partial charge in [0.05, 0.1) is 23.1 Å². The molecule has 1 atom stereocenters. The largest absolute Gasteiger partial charge is 0.433 e. The summed E-state index contributed by atoms with van der Waals surface area (Å²) in [5.41, 5.74) is 1.44. The Balaban J connectivity index is 1.55. The Kier molecular flexibility index (Phi) is 5.82. The Morgan fingerprint density at radius 1 is 1.06 bits per heavy atom. The number of amides is 1. The van der Waals surface area contributed by atoms with Gasteiger partial charge in [-0.15, -0.1) is 0 Å². The van der Waals surface area contributed by atoms with Gasteiger partial charge in [0.15, 0.2) is 0 Å². The molecule has 1 unspecified atom stereocenters. The molecule has 0 spiro atoms. The Bertz CT molecular complexity index is 1130. The molecule has 9 heteroatoms. The number of alkyl halides is 3. The van der Waals surface area contributed by atoms with Gasteiger partial charge >= 0.3 is 6.18 Å². The molecule has 0 saturated carbocycles. The first kappa shape index (κ1) is 21.7. The van der Waals surface area contributed by atoms with Crippen LogP contribution in [0.4, 0.5) is 29.1 Å². The van der Waals surface area contributed by atoms with Gasteiger partial charge in [-0.2, -0.15) is 13.2 Å². The monoisotopic (exact) mass is 444 g/mol. The second-order valence-electron chi connectivity index (χ2n) is 7.54. The van der Waals surface area contributed by atoms with Crippen molar-refractivity contribution in [3.8, 4) is 0 Å². The lowest BCUT2D eigenvalue weighted by molar-refractivity contribution is -0.141. The summed E-state index contributed by atoms with van der Waals surface area (Å²) in [6.07, 6.45) is -3.15. The average molecular weight is 444 g/mol. The van der Waals surface area contributed by atoms with Crippen molar-refractivity contribution >= 4 is 17.4 Å². The Hall–Kier alpha value is -3.49. The fourth-order valence-electron chi connectivity index (χ4n) is 3.63. The number of rotatable bonds is 4. The first-order chi connectivity index (χ1) is 15.2. The molecule has 1 amide bonds. The molecule has 1 aliphatic rings. The summed E-state index contributed by atoms with van der Waals surface area (Å²) in [4.78, 5) is 22.6. The van der Waals surface area contributed by atoms with Crippen molar-refractivity contribution in [3.05, 3.63) is 83.1 Å². The van der Waals surface area contributed by atoms with E-state index in [1.54, 1.807) is 30.0 Å². The van der Waals surface area contributed by atoms with Gasteiger partial charge in [-0.3, -0.25) is 9.78 Å². The van der Waals surface area contributed by atoms with E-state index in [0.717, 1.165) is 11.8 Å². The Labute approximate surface area is 182 Å². The van der Waals surface area contributed by atoms with Crippen LogP contribution in [0.3, 0.4) is 0 Å². The molecule has 32 heavy (non-hydrogen) atoms. The van der Waals surface area contributed by atoms with Crippen LogP contribution in [-0.2, 0) is 12.6 Å². The zero-order chi connectivity index (χ0) is 22.9. The van der Waals surface area contributed by atoms with Gasteiger partial charge in [-0.25, -0.2) is 9.37 Å². The summed E-state index contributed by atoms with van der Waals surface area (Å²) in [5, 5.41) is 2.83. The Morgan fingerprint density at radius 3 is 2.53 bits per heavy atom.